The lowest BCUT2D eigenvalue weighted by Crippen LogP contribution is -2.08. The first kappa shape index (κ1) is 19.5. The number of hydrogen-bond donors (Lipinski definition) is 0. The van der Waals surface area contributed by atoms with Crippen LogP contribution in [0, 0.1) is 6.92 Å². The Hall–Kier alpha value is -2.30. The zero-order chi connectivity index (χ0) is 19.7. The van der Waals surface area contributed by atoms with E-state index >= 15 is 0 Å². The summed E-state index contributed by atoms with van der Waals surface area (Å²) in [6.07, 6.45) is 0. The fourth-order valence-electron chi connectivity index (χ4n) is 2.98. The van der Waals surface area contributed by atoms with Gasteiger partial charge in [-0.3, -0.25) is 0 Å². The number of hydrogen-bond acceptors (Lipinski definition) is 4. The maximum Gasteiger partial charge on any atom is 0.338 e. The van der Waals surface area contributed by atoms with Crippen LogP contribution in [0.1, 0.15) is 46.8 Å². The van der Waals surface area contributed by atoms with Gasteiger partial charge < -0.3 is 9.15 Å². The number of carbonyl (C=O) groups excluding carboxylic acids is 1. The van der Waals surface area contributed by atoms with E-state index in [4.69, 9.17) is 32.4 Å². The third kappa shape index (κ3) is 4.18. The van der Waals surface area contributed by atoms with Crippen molar-refractivity contribution in [2.45, 2.75) is 33.3 Å². The molecule has 0 N–H and O–H groups in total. The minimum absolute atomic E-state index is 0.0538. The van der Waals surface area contributed by atoms with Crippen molar-refractivity contribution in [2.75, 3.05) is 0 Å². The van der Waals surface area contributed by atoms with Gasteiger partial charge in [0.25, 0.3) is 0 Å². The van der Waals surface area contributed by atoms with Crippen LogP contribution in [0.15, 0.2) is 45.6 Å². The van der Waals surface area contributed by atoms with Crippen LogP contribution < -0.4 is 5.63 Å². The van der Waals surface area contributed by atoms with Gasteiger partial charge >= 0.3 is 11.6 Å². The van der Waals surface area contributed by atoms with Gasteiger partial charge in [-0.05, 0) is 54.3 Å². The summed E-state index contributed by atoms with van der Waals surface area (Å²) in [5, 5.41) is 1.39. The van der Waals surface area contributed by atoms with Crippen molar-refractivity contribution in [3.8, 4) is 0 Å². The molecular formula is C21H18Cl2O4. The third-order valence-electron chi connectivity index (χ3n) is 4.35. The number of rotatable bonds is 4. The summed E-state index contributed by atoms with van der Waals surface area (Å²) < 4.78 is 10.7. The molecule has 2 aromatic carbocycles. The van der Waals surface area contributed by atoms with Gasteiger partial charge in [0.15, 0.2) is 0 Å². The van der Waals surface area contributed by atoms with Gasteiger partial charge in [0.1, 0.15) is 12.2 Å². The molecule has 1 aromatic heterocycles. The molecule has 4 nitrogen and oxygen atoms in total. The summed E-state index contributed by atoms with van der Waals surface area (Å²) in [5.41, 5.74) is 3.07. The van der Waals surface area contributed by atoms with Crippen molar-refractivity contribution in [3.05, 3.63) is 79.1 Å². The topological polar surface area (TPSA) is 56.5 Å². The lowest BCUT2D eigenvalue weighted by atomic mass is 9.95. The lowest BCUT2D eigenvalue weighted by Gasteiger charge is -2.13. The Morgan fingerprint density at radius 2 is 1.85 bits per heavy atom. The van der Waals surface area contributed by atoms with Crippen molar-refractivity contribution < 1.29 is 13.9 Å². The molecule has 0 aliphatic heterocycles. The van der Waals surface area contributed by atoms with Gasteiger partial charge in [-0.2, -0.15) is 0 Å². The normalized spacial score (nSPS) is 11.2. The number of ether oxygens (including phenoxy) is 1. The van der Waals surface area contributed by atoms with Crippen LogP contribution >= 0.6 is 23.2 Å². The number of halogens is 2. The molecule has 0 saturated heterocycles. The van der Waals surface area contributed by atoms with Crippen LogP contribution in [0.25, 0.3) is 11.0 Å². The second-order valence-electron chi connectivity index (χ2n) is 6.66. The van der Waals surface area contributed by atoms with E-state index in [0.29, 0.717) is 22.1 Å². The molecule has 3 aromatic rings. The van der Waals surface area contributed by atoms with E-state index in [0.717, 1.165) is 16.5 Å². The first-order chi connectivity index (χ1) is 12.8. The monoisotopic (exact) mass is 404 g/mol. The van der Waals surface area contributed by atoms with E-state index < -0.39 is 11.6 Å². The minimum atomic E-state index is -0.550. The molecule has 140 valence electrons. The molecule has 3 rings (SSSR count). The average molecular weight is 405 g/mol. The van der Waals surface area contributed by atoms with Crippen LogP contribution in [-0.4, -0.2) is 5.97 Å². The molecule has 1 heterocycles. The van der Waals surface area contributed by atoms with Crippen LogP contribution in [-0.2, 0) is 11.3 Å². The highest BCUT2D eigenvalue weighted by atomic mass is 35.5. The second kappa shape index (κ2) is 7.75. The largest absolute Gasteiger partial charge is 0.457 e. The molecule has 0 amide bonds. The zero-order valence-electron chi connectivity index (χ0n) is 15.1. The molecule has 0 unspecified atom stereocenters. The van der Waals surface area contributed by atoms with Crippen molar-refractivity contribution >= 4 is 40.1 Å². The Labute approximate surface area is 166 Å². The number of benzene rings is 2. The highest BCUT2D eigenvalue weighted by Crippen LogP contribution is 2.27. The Morgan fingerprint density at radius 3 is 2.52 bits per heavy atom. The Bertz CT molecular complexity index is 1080. The third-order valence-corrected chi connectivity index (χ3v) is 5.09. The molecule has 6 heteroatoms. The van der Waals surface area contributed by atoms with Gasteiger partial charge in [-0.25, -0.2) is 9.59 Å². The quantitative estimate of drug-likeness (QED) is 0.401. The van der Waals surface area contributed by atoms with E-state index in [2.05, 4.69) is 13.8 Å². The number of fused-ring (bicyclic) bond motifs is 1. The van der Waals surface area contributed by atoms with Gasteiger partial charge in [-0.15, -0.1) is 0 Å². The van der Waals surface area contributed by atoms with Gasteiger partial charge in [0, 0.05) is 17.0 Å². The van der Waals surface area contributed by atoms with E-state index in [-0.39, 0.29) is 17.2 Å². The maximum atomic E-state index is 12.3. The summed E-state index contributed by atoms with van der Waals surface area (Å²) in [4.78, 5) is 24.2. The molecule has 0 bridgehead atoms. The van der Waals surface area contributed by atoms with Gasteiger partial charge in [-0.1, -0.05) is 37.0 Å². The fourth-order valence-corrected chi connectivity index (χ4v) is 3.28. The molecular weight excluding hydrogens is 387 g/mol. The van der Waals surface area contributed by atoms with E-state index in [1.54, 1.807) is 0 Å². The van der Waals surface area contributed by atoms with Crippen molar-refractivity contribution in [1.82, 2.24) is 0 Å². The van der Waals surface area contributed by atoms with Crippen molar-refractivity contribution in [2.24, 2.45) is 0 Å². The van der Waals surface area contributed by atoms with Crippen LogP contribution in [0.2, 0.25) is 10.0 Å². The highest BCUT2D eigenvalue weighted by Gasteiger charge is 2.14. The smallest absolute Gasteiger partial charge is 0.338 e. The summed E-state index contributed by atoms with van der Waals surface area (Å²) in [5.74, 6) is -0.237. The predicted molar refractivity (Wildman–Crippen MR) is 107 cm³/mol. The van der Waals surface area contributed by atoms with Crippen LogP contribution in [0.4, 0.5) is 0 Å². The van der Waals surface area contributed by atoms with Crippen molar-refractivity contribution in [3.63, 3.8) is 0 Å². The maximum absolute atomic E-state index is 12.3. The lowest BCUT2D eigenvalue weighted by molar-refractivity contribution is 0.0474. The minimum Gasteiger partial charge on any atom is -0.457 e. The molecule has 0 saturated carbocycles. The second-order valence-corrected chi connectivity index (χ2v) is 7.47. The van der Waals surface area contributed by atoms with E-state index in [1.807, 2.05) is 19.1 Å². The SMILES string of the molecule is Cc1cc2oc(=O)cc(COC(=O)c3ccc(Cl)c(Cl)c3)c2cc1C(C)C. The highest BCUT2D eigenvalue weighted by molar-refractivity contribution is 6.42. The Kier molecular flexibility index (Phi) is 5.59. The summed E-state index contributed by atoms with van der Waals surface area (Å²) in [6.45, 7) is 6.11. The molecule has 0 atom stereocenters. The fraction of sp³-hybridized carbons (Fsp3) is 0.238. The number of aryl methyl sites for hydroxylation is 1. The van der Waals surface area contributed by atoms with E-state index in [1.165, 1.54) is 24.3 Å². The molecule has 27 heavy (non-hydrogen) atoms. The van der Waals surface area contributed by atoms with Crippen molar-refractivity contribution in [1.29, 1.82) is 0 Å². The Balaban J connectivity index is 1.94. The zero-order valence-corrected chi connectivity index (χ0v) is 16.6. The first-order valence-electron chi connectivity index (χ1n) is 8.45. The number of carbonyl (C=O) groups is 1. The average Bonchev–Trinajstić information content (AvgIpc) is 2.60. The summed E-state index contributed by atoms with van der Waals surface area (Å²) in [6, 6.07) is 9.70. The molecule has 0 radical (unpaired) electrons. The van der Waals surface area contributed by atoms with Gasteiger partial charge in [0.2, 0.25) is 0 Å². The Morgan fingerprint density at radius 1 is 1.11 bits per heavy atom. The van der Waals surface area contributed by atoms with E-state index in [9.17, 15) is 9.59 Å². The van der Waals surface area contributed by atoms with Gasteiger partial charge in [0.05, 0.1) is 15.6 Å². The first-order valence-corrected chi connectivity index (χ1v) is 9.21. The van der Waals surface area contributed by atoms with Crippen LogP contribution in [0.5, 0.6) is 0 Å². The molecule has 0 aliphatic carbocycles. The molecule has 0 fully saturated rings. The summed E-state index contributed by atoms with van der Waals surface area (Å²) >= 11 is 11.8. The molecule has 0 spiro atoms. The molecule has 0 aliphatic rings. The van der Waals surface area contributed by atoms with Crippen LogP contribution in [0.3, 0.4) is 0 Å². The predicted octanol–water partition coefficient (Wildman–Crippen LogP) is 5.89. The summed E-state index contributed by atoms with van der Waals surface area (Å²) in [7, 11) is 0. The standard InChI is InChI=1S/C21H18Cl2O4/c1-11(2)15-9-16-14(8-20(24)27-19(16)6-12(15)3)10-26-21(25)13-4-5-17(22)18(23)7-13/h4-9,11H,10H2,1-3H3. The number of esters is 1.